The maximum absolute atomic E-state index is 5.16. The predicted octanol–water partition coefficient (Wildman–Crippen LogP) is 2.99. The first kappa shape index (κ1) is 11.3. The summed E-state index contributed by atoms with van der Waals surface area (Å²) in [6, 6.07) is 8.37. The lowest BCUT2D eigenvalue weighted by Gasteiger charge is -2.10. The monoisotopic (exact) mass is 251 g/mol. The number of fused-ring (bicyclic) bond motifs is 1. The van der Waals surface area contributed by atoms with Crippen LogP contribution in [0.4, 0.5) is 5.13 Å². The highest BCUT2D eigenvalue weighted by Crippen LogP contribution is 2.25. The molecule has 5 heteroatoms. The second-order valence-corrected chi connectivity index (χ2v) is 5.18. The van der Waals surface area contributed by atoms with Gasteiger partial charge < -0.3 is 10.6 Å². The van der Waals surface area contributed by atoms with Gasteiger partial charge in [-0.25, -0.2) is 4.98 Å². The molecule has 0 aliphatic carbocycles. The van der Waals surface area contributed by atoms with E-state index >= 15 is 0 Å². The van der Waals surface area contributed by atoms with Gasteiger partial charge >= 0.3 is 0 Å². The van der Waals surface area contributed by atoms with Crippen LogP contribution in [0.3, 0.4) is 0 Å². The number of nitrogens with one attached hydrogen (secondary N) is 2. The number of nitrogens with zero attached hydrogens (tertiary/aromatic N) is 1. The van der Waals surface area contributed by atoms with Crippen molar-refractivity contribution in [1.29, 1.82) is 0 Å². The van der Waals surface area contributed by atoms with E-state index in [1.807, 2.05) is 32.0 Å². The van der Waals surface area contributed by atoms with Crippen molar-refractivity contribution in [2.45, 2.75) is 19.9 Å². The number of anilines is 1. The minimum absolute atomic E-state index is 0.328. The van der Waals surface area contributed by atoms with Gasteiger partial charge in [-0.2, -0.15) is 0 Å². The highest BCUT2D eigenvalue weighted by molar-refractivity contribution is 7.80. The maximum Gasteiger partial charge on any atom is 0.190 e. The summed E-state index contributed by atoms with van der Waals surface area (Å²) in [6.07, 6.45) is 0. The van der Waals surface area contributed by atoms with E-state index in [4.69, 9.17) is 12.2 Å². The first-order chi connectivity index (χ1) is 7.65. The average Bonchev–Trinajstić information content (AvgIpc) is 2.57. The van der Waals surface area contributed by atoms with Crippen molar-refractivity contribution >= 4 is 44.0 Å². The third-order valence-electron chi connectivity index (χ3n) is 1.93. The van der Waals surface area contributed by atoms with Gasteiger partial charge in [-0.1, -0.05) is 23.5 Å². The van der Waals surface area contributed by atoms with Gasteiger partial charge in [0.15, 0.2) is 10.2 Å². The van der Waals surface area contributed by atoms with E-state index in [9.17, 15) is 0 Å². The van der Waals surface area contributed by atoms with Gasteiger partial charge in [-0.15, -0.1) is 0 Å². The Balaban J connectivity index is 2.12. The maximum atomic E-state index is 5.16. The lowest BCUT2D eigenvalue weighted by molar-refractivity contribution is 0.739. The summed E-state index contributed by atoms with van der Waals surface area (Å²) in [5, 5.41) is 7.67. The van der Waals surface area contributed by atoms with Crippen LogP contribution in [0.15, 0.2) is 24.3 Å². The molecule has 0 radical (unpaired) electrons. The Morgan fingerprint density at radius 1 is 1.38 bits per heavy atom. The van der Waals surface area contributed by atoms with Gasteiger partial charge in [0.2, 0.25) is 0 Å². The van der Waals surface area contributed by atoms with Crippen molar-refractivity contribution in [2.24, 2.45) is 0 Å². The molecule has 84 valence electrons. The zero-order valence-electron chi connectivity index (χ0n) is 9.15. The number of thiocarbonyl (C=S) groups is 1. The molecule has 0 spiro atoms. The lowest BCUT2D eigenvalue weighted by atomic mass is 10.3. The molecule has 0 saturated heterocycles. The number of hydrogen-bond acceptors (Lipinski definition) is 3. The van der Waals surface area contributed by atoms with Crippen molar-refractivity contribution in [2.75, 3.05) is 5.32 Å². The van der Waals surface area contributed by atoms with Crippen molar-refractivity contribution in [3.63, 3.8) is 0 Å². The summed E-state index contributed by atoms with van der Waals surface area (Å²) >= 11 is 6.76. The Morgan fingerprint density at radius 2 is 2.12 bits per heavy atom. The highest BCUT2D eigenvalue weighted by atomic mass is 32.1. The molecule has 2 aromatic rings. The Morgan fingerprint density at radius 3 is 2.81 bits per heavy atom. The molecule has 0 fully saturated rings. The summed E-state index contributed by atoms with van der Waals surface area (Å²) in [6.45, 7) is 4.10. The van der Waals surface area contributed by atoms with Crippen molar-refractivity contribution < 1.29 is 0 Å². The van der Waals surface area contributed by atoms with Gasteiger partial charge in [0.25, 0.3) is 0 Å². The fourth-order valence-electron chi connectivity index (χ4n) is 1.32. The smallest absolute Gasteiger partial charge is 0.190 e. The third kappa shape index (κ3) is 2.68. The number of thiazole rings is 1. The van der Waals surface area contributed by atoms with E-state index in [0.29, 0.717) is 11.2 Å². The summed E-state index contributed by atoms with van der Waals surface area (Å²) in [7, 11) is 0. The largest absolute Gasteiger partial charge is 0.360 e. The molecule has 0 aliphatic heterocycles. The Kier molecular flexibility index (Phi) is 3.36. The molecule has 2 N–H and O–H groups in total. The third-order valence-corrected chi connectivity index (χ3v) is 3.11. The average molecular weight is 251 g/mol. The van der Waals surface area contributed by atoms with Gasteiger partial charge in [0.05, 0.1) is 10.2 Å². The summed E-state index contributed by atoms with van der Waals surface area (Å²) in [5.74, 6) is 0. The molecule has 1 aromatic heterocycles. The van der Waals surface area contributed by atoms with E-state index in [2.05, 4.69) is 21.7 Å². The van der Waals surface area contributed by atoms with E-state index < -0.39 is 0 Å². The molecule has 0 saturated carbocycles. The van der Waals surface area contributed by atoms with Gasteiger partial charge in [-0.05, 0) is 38.2 Å². The fraction of sp³-hybridized carbons (Fsp3) is 0.273. The molecular weight excluding hydrogens is 238 g/mol. The summed E-state index contributed by atoms with van der Waals surface area (Å²) < 4.78 is 1.16. The van der Waals surface area contributed by atoms with Crippen LogP contribution in [0.1, 0.15) is 13.8 Å². The lowest BCUT2D eigenvalue weighted by Crippen LogP contribution is -2.33. The molecule has 2 rings (SSSR count). The van der Waals surface area contributed by atoms with Crippen LogP contribution < -0.4 is 10.6 Å². The molecular formula is C11H13N3S2. The summed E-state index contributed by atoms with van der Waals surface area (Å²) in [4.78, 5) is 4.44. The number of para-hydroxylation sites is 1. The fourth-order valence-corrected chi connectivity index (χ4v) is 2.59. The van der Waals surface area contributed by atoms with Crippen molar-refractivity contribution in [1.82, 2.24) is 10.3 Å². The van der Waals surface area contributed by atoms with Crippen LogP contribution in [0.5, 0.6) is 0 Å². The number of benzene rings is 1. The van der Waals surface area contributed by atoms with Crippen LogP contribution in [0.25, 0.3) is 10.2 Å². The number of aromatic nitrogens is 1. The zero-order chi connectivity index (χ0) is 11.5. The Labute approximate surface area is 104 Å². The number of hydrogen-bond donors (Lipinski definition) is 2. The molecule has 1 aromatic carbocycles. The zero-order valence-corrected chi connectivity index (χ0v) is 10.8. The van der Waals surface area contributed by atoms with Crippen LogP contribution in [-0.2, 0) is 0 Å². The molecule has 0 amide bonds. The Bertz CT molecular complexity index is 472. The summed E-state index contributed by atoms with van der Waals surface area (Å²) in [5.41, 5.74) is 1.00. The topological polar surface area (TPSA) is 37.0 Å². The first-order valence-electron chi connectivity index (χ1n) is 5.08. The minimum atomic E-state index is 0.328. The van der Waals surface area contributed by atoms with Gasteiger partial charge in [0, 0.05) is 6.04 Å². The van der Waals surface area contributed by atoms with E-state index in [0.717, 1.165) is 15.3 Å². The second kappa shape index (κ2) is 4.76. The van der Waals surface area contributed by atoms with Crippen molar-refractivity contribution in [3.05, 3.63) is 24.3 Å². The van der Waals surface area contributed by atoms with Crippen LogP contribution in [-0.4, -0.2) is 16.1 Å². The first-order valence-corrected chi connectivity index (χ1v) is 6.31. The van der Waals surface area contributed by atoms with Crippen LogP contribution >= 0.6 is 23.6 Å². The van der Waals surface area contributed by atoms with Gasteiger partial charge in [-0.3, -0.25) is 0 Å². The standard InChI is InChI=1S/C11H13N3S2/c1-7(2)12-10(15)14-11-13-8-5-3-4-6-9(8)16-11/h3-7H,1-2H3,(H2,12,13,14,15). The SMILES string of the molecule is CC(C)NC(=S)Nc1nc2ccccc2s1. The minimum Gasteiger partial charge on any atom is -0.360 e. The van der Waals surface area contributed by atoms with Crippen molar-refractivity contribution in [3.8, 4) is 0 Å². The predicted molar refractivity (Wildman–Crippen MR) is 74.1 cm³/mol. The van der Waals surface area contributed by atoms with E-state index in [-0.39, 0.29) is 0 Å². The Hall–Kier alpha value is -1.20. The molecule has 3 nitrogen and oxygen atoms in total. The van der Waals surface area contributed by atoms with Gasteiger partial charge in [0.1, 0.15) is 0 Å². The molecule has 1 heterocycles. The van der Waals surface area contributed by atoms with Crippen LogP contribution in [0.2, 0.25) is 0 Å². The molecule has 0 aliphatic rings. The molecule has 0 unspecified atom stereocenters. The number of rotatable bonds is 2. The second-order valence-electron chi connectivity index (χ2n) is 3.74. The van der Waals surface area contributed by atoms with E-state index in [1.54, 1.807) is 11.3 Å². The molecule has 0 atom stereocenters. The molecule has 0 bridgehead atoms. The quantitative estimate of drug-likeness (QED) is 0.805. The van der Waals surface area contributed by atoms with Crippen LogP contribution in [0, 0.1) is 0 Å². The molecule has 16 heavy (non-hydrogen) atoms. The highest BCUT2D eigenvalue weighted by Gasteiger charge is 2.04. The van der Waals surface area contributed by atoms with E-state index in [1.165, 1.54) is 0 Å². The normalized spacial score (nSPS) is 10.7.